The van der Waals surface area contributed by atoms with Crippen molar-refractivity contribution in [3.8, 4) is 11.5 Å². The number of rotatable bonds is 6. The molecule has 0 atom stereocenters. The third kappa shape index (κ3) is 5.07. The van der Waals surface area contributed by atoms with Crippen molar-refractivity contribution >= 4 is 34.6 Å². The second kappa shape index (κ2) is 9.28. The number of pyridine rings is 1. The summed E-state index contributed by atoms with van der Waals surface area (Å²) < 4.78 is 11.1. The molecule has 6 nitrogen and oxygen atoms in total. The number of aliphatic imine (C=N–C) groups is 1. The molecule has 0 bridgehead atoms. The summed E-state index contributed by atoms with van der Waals surface area (Å²) in [6.07, 6.45) is 3.65. The lowest BCUT2D eigenvalue weighted by atomic mass is 10.2. The standard InChI is InChI=1S/C23H19N3O3S/c1-28-19-9-5-8-17(14-19)25-22-21(30-23(27)26-22)13-16-6-4-10-20(12-16)29-15-18-7-2-3-11-24-18/h2-14H,15H2,1H3,(H,25,26,27)/b21-13-. The molecule has 1 fully saturated rings. The maximum atomic E-state index is 12.0. The Morgan fingerprint density at radius 3 is 2.77 bits per heavy atom. The molecule has 1 aliphatic heterocycles. The lowest BCUT2D eigenvalue weighted by molar-refractivity contribution is 0.265. The molecule has 0 spiro atoms. The van der Waals surface area contributed by atoms with Crippen molar-refractivity contribution in [1.29, 1.82) is 0 Å². The average Bonchev–Trinajstić information content (AvgIpc) is 3.11. The highest BCUT2D eigenvalue weighted by Crippen LogP contribution is 2.30. The summed E-state index contributed by atoms with van der Waals surface area (Å²) in [5.74, 6) is 1.94. The lowest BCUT2D eigenvalue weighted by Gasteiger charge is -2.07. The quantitative estimate of drug-likeness (QED) is 0.597. The highest BCUT2D eigenvalue weighted by molar-refractivity contribution is 8.18. The van der Waals surface area contributed by atoms with Gasteiger partial charge in [0, 0.05) is 12.3 Å². The molecule has 150 valence electrons. The molecule has 1 saturated heterocycles. The SMILES string of the molecule is COc1cccc(N=C2NC(=O)S/C2=C\c2cccc(OCc3ccccn3)c2)c1. The molecule has 0 unspecified atom stereocenters. The first-order valence-corrected chi connectivity index (χ1v) is 10.1. The van der Waals surface area contributed by atoms with E-state index in [0.29, 0.717) is 23.9 Å². The van der Waals surface area contributed by atoms with Crippen LogP contribution in [0.1, 0.15) is 11.3 Å². The third-order valence-corrected chi connectivity index (χ3v) is 5.04. The zero-order valence-electron chi connectivity index (χ0n) is 16.2. The molecule has 1 aromatic heterocycles. The van der Waals surface area contributed by atoms with Crippen LogP contribution >= 0.6 is 11.8 Å². The highest BCUT2D eigenvalue weighted by atomic mass is 32.2. The van der Waals surface area contributed by atoms with Crippen molar-refractivity contribution < 1.29 is 14.3 Å². The fraction of sp³-hybridized carbons (Fsp3) is 0.0870. The zero-order valence-corrected chi connectivity index (χ0v) is 17.1. The van der Waals surface area contributed by atoms with Crippen LogP contribution in [0.4, 0.5) is 10.5 Å². The van der Waals surface area contributed by atoms with Crippen LogP contribution in [0, 0.1) is 0 Å². The lowest BCUT2D eigenvalue weighted by Crippen LogP contribution is -2.18. The first-order valence-electron chi connectivity index (χ1n) is 9.26. The van der Waals surface area contributed by atoms with Crippen LogP contribution in [-0.4, -0.2) is 23.2 Å². The van der Waals surface area contributed by atoms with Gasteiger partial charge in [-0.3, -0.25) is 9.78 Å². The van der Waals surface area contributed by atoms with E-state index in [1.807, 2.05) is 72.8 Å². The van der Waals surface area contributed by atoms with Gasteiger partial charge in [0.25, 0.3) is 5.24 Å². The molecule has 4 rings (SSSR count). The van der Waals surface area contributed by atoms with Gasteiger partial charge in [0.15, 0.2) is 0 Å². The first kappa shape index (κ1) is 19.7. The minimum Gasteiger partial charge on any atom is -0.497 e. The zero-order chi connectivity index (χ0) is 20.8. The van der Waals surface area contributed by atoms with Crippen molar-refractivity contribution in [3.63, 3.8) is 0 Å². The van der Waals surface area contributed by atoms with Gasteiger partial charge in [-0.05, 0) is 59.8 Å². The van der Waals surface area contributed by atoms with E-state index in [0.717, 1.165) is 33.7 Å². The Morgan fingerprint density at radius 1 is 1.07 bits per heavy atom. The van der Waals surface area contributed by atoms with Crippen LogP contribution in [0.5, 0.6) is 11.5 Å². The normalized spacial score (nSPS) is 16.0. The molecule has 2 heterocycles. The Hall–Kier alpha value is -3.58. The summed E-state index contributed by atoms with van der Waals surface area (Å²) in [5, 5.41) is 2.64. The minimum absolute atomic E-state index is 0.162. The van der Waals surface area contributed by atoms with Crippen LogP contribution in [0.3, 0.4) is 0 Å². The predicted octanol–water partition coefficient (Wildman–Crippen LogP) is 5.20. The molecule has 3 aromatic rings. The van der Waals surface area contributed by atoms with E-state index in [4.69, 9.17) is 9.47 Å². The summed E-state index contributed by atoms with van der Waals surface area (Å²) in [4.78, 5) is 21.5. The van der Waals surface area contributed by atoms with Crippen molar-refractivity contribution in [1.82, 2.24) is 10.3 Å². The first-order chi connectivity index (χ1) is 14.7. The van der Waals surface area contributed by atoms with Crippen molar-refractivity contribution in [2.75, 3.05) is 7.11 Å². The number of benzene rings is 2. The Kier molecular flexibility index (Phi) is 6.10. The highest BCUT2D eigenvalue weighted by Gasteiger charge is 2.23. The number of nitrogens with one attached hydrogen (secondary N) is 1. The number of amidine groups is 1. The summed E-state index contributed by atoms with van der Waals surface area (Å²) >= 11 is 1.11. The van der Waals surface area contributed by atoms with Crippen molar-refractivity contribution in [2.45, 2.75) is 6.61 Å². The predicted molar refractivity (Wildman–Crippen MR) is 119 cm³/mol. The van der Waals surface area contributed by atoms with E-state index in [-0.39, 0.29) is 5.24 Å². The number of thioether (sulfide) groups is 1. The monoisotopic (exact) mass is 417 g/mol. The molecule has 0 radical (unpaired) electrons. The number of hydrogen-bond acceptors (Lipinski definition) is 6. The number of carbonyl (C=O) groups excluding carboxylic acids is 1. The van der Waals surface area contributed by atoms with Gasteiger partial charge in [0.1, 0.15) is 23.9 Å². The number of amides is 1. The van der Waals surface area contributed by atoms with Crippen LogP contribution in [-0.2, 0) is 6.61 Å². The van der Waals surface area contributed by atoms with E-state index in [9.17, 15) is 4.79 Å². The van der Waals surface area contributed by atoms with Crippen LogP contribution in [0.25, 0.3) is 6.08 Å². The third-order valence-electron chi connectivity index (χ3n) is 4.22. The number of carbonyl (C=O) groups is 1. The number of hydrogen-bond donors (Lipinski definition) is 1. The van der Waals surface area contributed by atoms with Gasteiger partial charge in [-0.2, -0.15) is 0 Å². The van der Waals surface area contributed by atoms with E-state index in [2.05, 4.69) is 15.3 Å². The van der Waals surface area contributed by atoms with Crippen LogP contribution < -0.4 is 14.8 Å². The second-order valence-electron chi connectivity index (χ2n) is 6.37. The summed E-state index contributed by atoms with van der Waals surface area (Å²) in [5.41, 5.74) is 2.46. The van der Waals surface area contributed by atoms with E-state index in [1.54, 1.807) is 13.3 Å². The summed E-state index contributed by atoms with van der Waals surface area (Å²) in [7, 11) is 1.60. The van der Waals surface area contributed by atoms with Crippen molar-refractivity contribution in [2.24, 2.45) is 4.99 Å². The number of nitrogens with zero attached hydrogens (tertiary/aromatic N) is 2. The van der Waals surface area contributed by atoms with Gasteiger partial charge in [-0.15, -0.1) is 0 Å². The van der Waals surface area contributed by atoms with Gasteiger partial charge < -0.3 is 14.8 Å². The van der Waals surface area contributed by atoms with Crippen LogP contribution in [0.15, 0.2) is 82.8 Å². The van der Waals surface area contributed by atoms with E-state index in [1.165, 1.54) is 0 Å². The number of ether oxygens (including phenoxy) is 2. The maximum Gasteiger partial charge on any atom is 0.289 e. The molecular formula is C23H19N3O3S. The summed E-state index contributed by atoms with van der Waals surface area (Å²) in [6, 6.07) is 20.8. The fourth-order valence-corrected chi connectivity index (χ4v) is 3.54. The van der Waals surface area contributed by atoms with Gasteiger partial charge in [-0.1, -0.05) is 24.3 Å². The molecule has 0 aliphatic carbocycles. The maximum absolute atomic E-state index is 12.0. The smallest absolute Gasteiger partial charge is 0.289 e. The van der Waals surface area contributed by atoms with Crippen LogP contribution in [0.2, 0.25) is 0 Å². The molecule has 0 saturated carbocycles. The average molecular weight is 417 g/mol. The molecule has 1 amide bonds. The fourth-order valence-electron chi connectivity index (χ4n) is 2.81. The Balaban J connectivity index is 1.55. The molecule has 1 N–H and O–H groups in total. The van der Waals surface area contributed by atoms with E-state index >= 15 is 0 Å². The molecule has 2 aromatic carbocycles. The molecule has 30 heavy (non-hydrogen) atoms. The van der Waals surface area contributed by atoms with Gasteiger partial charge in [0.05, 0.1) is 23.4 Å². The summed E-state index contributed by atoms with van der Waals surface area (Å²) in [6.45, 7) is 0.387. The second-order valence-corrected chi connectivity index (χ2v) is 7.38. The topological polar surface area (TPSA) is 72.8 Å². The Bertz CT molecular complexity index is 1110. The molecule has 7 heteroatoms. The van der Waals surface area contributed by atoms with Gasteiger partial charge >= 0.3 is 0 Å². The Labute approximate surface area is 178 Å². The molecule has 1 aliphatic rings. The largest absolute Gasteiger partial charge is 0.497 e. The van der Waals surface area contributed by atoms with Gasteiger partial charge in [0.2, 0.25) is 0 Å². The molecular weight excluding hydrogens is 398 g/mol. The van der Waals surface area contributed by atoms with Gasteiger partial charge in [-0.25, -0.2) is 4.99 Å². The minimum atomic E-state index is -0.162. The van der Waals surface area contributed by atoms with E-state index < -0.39 is 0 Å². The van der Waals surface area contributed by atoms with Crippen molar-refractivity contribution in [3.05, 3.63) is 89.1 Å². The number of methoxy groups -OCH3 is 1. The number of aromatic nitrogens is 1. The Morgan fingerprint density at radius 2 is 1.93 bits per heavy atom.